The average Bonchev–Trinajstić information content (AvgIpc) is 2.65. The van der Waals surface area contributed by atoms with E-state index in [1.807, 2.05) is 0 Å². The van der Waals surface area contributed by atoms with Gasteiger partial charge in [-0.05, 0) is 12.1 Å². The van der Waals surface area contributed by atoms with Crippen LogP contribution >= 0.6 is 0 Å². The molecule has 2 aromatic rings. The Hall–Kier alpha value is -3.42. The van der Waals surface area contributed by atoms with Crippen LogP contribution in [0.25, 0.3) is 0 Å². The smallest absolute Gasteiger partial charge is 0.274 e. The van der Waals surface area contributed by atoms with E-state index in [0.717, 1.165) is 0 Å². The first-order valence-electron chi connectivity index (χ1n) is 8.21. The van der Waals surface area contributed by atoms with E-state index >= 15 is 0 Å². The predicted molar refractivity (Wildman–Crippen MR) is 99.5 cm³/mol. The van der Waals surface area contributed by atoms with Crippen LogP contribution in [0, 0.1) is 10.1 Å². The molecule has 0 fully saturated rings. The Morgan fingerprint density at radius 1 is 1.04 bits per heavy atom. The fraction of sp³-hybridized carbons (Fsp3) is 0.263. The van der Waals surface area contributed by atoms with Crippen molar-refractivity contribution < 1.29 is 19.2 Å². The number of amides is 2. The largest absolute Gasteiger partial charge is 0.483 e. The van der Waals surface area contributed by atoms with Crippen molar-refractivity contribution in [3.05, 3.63) is 69.8 Å². The van der Waals surface area contributed by atoms with Crippen molar-refractivity contribution in [1.82, 2.24) is 9.80 Å². The molecule has 2 rings (SSSR count). The Balaban J connectivity index is 2.18. The molecule has 0 atom stereocenters. The molecular weight excluding hydrogens is 350 g/mol. The van der Waals surface area contributed by atoms with Crippen molar-refractivity contribution in [2.45, 2.75) is 6.54 Å². The fourth-order valence-corrected chi connectivity index (χ4v) is 2.39. The molecule has 0 bridgehead atoms. The molecule has 2 aromatic carbocycles. The molecule has 0 heterocycles. The summed E-state index contributed by atoms with van der Waals surface area (Å²) in [6, 6.07) is 12.9. The van der Waals surface area contributed by atoms with E-state index in [2.05, 4.69) is 0 Å². The summed E-state index contributed by atoms with van der Waals surface area (Å²) in [5.74, 6) is -0.307. The zero-order valence-electron chi connectivity index (χ0n) is 15.4. The topological polar surface area (TPSA) is 93.0 Å². The quantitative estimate of drug-likeness (QED) is 0.550. The summed E-state index contributed by atoms with van der Waals surface area (Å²) in [7, 11) is 4.79. The van der Waals surface area contributed by atoms with Crippen molar-refractivity contribution in [2.75, 3.05) is 27.7 Å². The molecule has 8 heteroatoms. The normalized spacial score (nSPS) is 10.2. The number of nitro groups is 1. The van der Waals surface area contributed by atoms with Gasteiger partial charge in [-0.25, -0.2) is 0 Å². The first kappa shape index (κ1) is 19.9. The first-order chi connectivity index (χ1) is 12.8. The number of carbonyl (C=O) groups excluding carboxylic acids is 2. The number of benzene rings is 2. The van der Waals surface area contributed by atoms with Gasteiger partial charge in [0.1, 0.15) is 5.75 Å². The number of nitro benzene ring substituents is 1. The molecule has 0 aliphatic carbocycles. The molecule has 0 N–H and O–H groups in total. The lowest BCUT2D eigenvalue weighted by atomic mass is 10.1. The van der Waals surface area contributed by atoms with E-state index < -0.39 is 4.92 Å². The second-order valence-electron chi connectivity index (χ2n) is 6.12. The second kappa shape index (κ2) is 8.79. The van der Waals surface area contributed by atoms with E-state index in [4.69, 9.17) is 4.74 Å². The summed E-state index contributed by atoms with van der Waals surface area (Å²) in [5, 5.41) is 11.1. The van der Waals surface area contributed by atoms with Crippen LogP contribution in [0.3, 0.4) is 0 Å². The van der Waals surface area contributed by atoms with Crippen LogP contribution in [-0.2, 0) is 11.3 Å². The molecule has 0 saturated heterocycles. The highest BCUT2D eigenvalue weighted by molar-refractivity contribution is 5.97. The molecular formula is C19H21N3O5. The lowest BCUT2D eigenvalue weighted by Crippen LogP contribution is -2.29. The van der Waals surface area contributed by atoms with Gasteiger partial charge in [-0.1, -0.05) is 30.3 Å². The Kier molecular flexibility index (Phi) is 6.48. The zero-order valence-corrected chi connectivity index (χ0v) is 15.4. The summed E-state index contributed by atoms with van der Waals surface area (Å²) in [6.45, 7) is -0.119. The molecule has 27 heavy (non-hydrogen) atoms. The monoisotopic (exact) mass is 371 g/mol. The molecule has 0 spiro atoms. The van der Waals surface area contributed by atoms with Crippen LogP contribution in [0.5, 0.6) is 5.75 Å². The lowest BCUT2D eigenvalue weighted by Gasteiger charge is -2.19. The number of nitrogens with zero attached hydrogens (tertiary/aromatic N) is 3. The predicted octanol–water partition coefficient (Wildman–Crippen LogP) is 2.33. The molecule has 0 aliphatic heterocycles. The maximum Gasteiger partial charge on any atom is 0.274 e. The molecule has 0 aromatic heterocycles. The highest BCUT2D eigenvalue weighted by atomic mass is 16.6. The molecule has 0 radical (unpaired) electrons. The van der Waals surface area contributed by atoms with E-state index in [1.165, 1.54) is 15.9 Å². The molecule has 8 nitrogen and oxygen atoms in total. The van der Waals surface area contributed by atoms with Gasteiger partial charge in [0.05, 0.1) is 17.0 Å². The maximum absolute atomic E-state index is 12.8. The summed E-state index contributed by atoms with van der Waals surface area (Å²) in [4.78, 5) is 38.0. The minimum Gasteiger partial charge on any atom is -0.483 e. The average molecular weight is 371 g/mol. The maximum atomic E-state index is 12.8. The Labute approximate surface area is 157 Å². The van der Waals surface area contributed by atoms with Gasteiger partial charge in [-0.2, -0.15) is 0 Å². The fourth-order valence-electron chi connectivity index (χ4n) is 2.39. The van der Waals surface area contributed by atoms with E-state index in [-0.39, 0.29) is 42.0 Å². The Bertz CT molecular complexity index is 851. The third-order valence-electron chi connectivity index (χ3n) is 3.91. The van der Waals surface area contributed by atoms with Gasteiger partial charge >= 0.3 is 0 Å². The molecule has 0 unspecified atom stereocenters. The Morgan fingerprint density at radius 2 is 1.67 bits per heavy atom. The SMILES string of the molecule is CN(C)C(=O)COc1ccccc1C(=O)N(C)Cc1ccccc1[N+](=O)[O-]. The van der Waals surface area contributed by atoms with E-state index in [0.29, 0.717) is 5.56 Å². The third kappa shape index (κ3) is 5.04. The van der Waals surface area contributed by atoms with Crippen LogP contribution in [0.2, 0.25) is 0 Å². The number of rotatable bonds is 7. The van der Waals surface area contributed by atoms with Crippen LogP contribution in [0.4, 0.5) is 5.69 Å². The number of carbonyl (C=O) groups is 2. The number of hydrogen-bond acceptors (Lipinski definition) is 5. The second-order valence-corrected chi connectivity index (χ2v) is 6.12. The summed E-state index contributed by atoms with van der Waals surface area (Å²) < 4.78 is 5.50. The highest BCUT2D eigenvalue weighted by Gasteiger charge is 2.20. The van der Waals surface area contributed by atoms with Crippen molar-refractivity contribution in [1.29, 1.82) is 0 Å². The van der Waals surface area contributed by atoms with Crippen molar-refractivity contribution in [3.8, 4) is 5.75 Å². The summed E-state index contributed by atoms with van der Waals surface area (Å²) in [6.07, 6.45) is 0. The van der Waals surface area contributed by atoms with Gasteiger partial charge in [0, 0.05) is 32.8 Å². The van der Waals surface area contributed by atoms with Crippen LogP contribution < -0.4 is 4.74 Å². The minimum absolute atomic E-state index is 0.0433. The van der Waals surface area contributed by atoms with Crippen molar-refractivity contribution in [3.63, 3.8) is 0 Å². The number of para-hydroxylation sites is 2. The molecule has 142 valence electrons. The minimum atomic E-state index is -0.475. The lowest BCUT2D eigenvalue weighted by molar-refractivity contribution is -0.385. The van der Waals surface area contributed by atoms with Gasteiger partial charge in [0.2, 0.25) is 0 Å². The van der Waals surface area contributed by atoms with Gasteiger partial charge in [0.25, 0.3) is 17.5 Å². The molecule has 2 amide bonds. The van der Waals surface area contributed by atoms with E-state index in [9.17, 15) is 19.7 Å². The molecule has 0 aliphatic rings. The van der Waals surface area contributed by atoms with Crippen molar-refractivity contribution >= 4 is 17.5 Å². The van der Waals surface area contributed by atoms with Crippen LogP contribution in [0.1, 0.15) is 15.9 Å². The van der Waals surface area contributed by atoms with Gasteiger partial charge in [-0.15, -0.1) is 0 Å². The van der Waals surface area contributed by atoms with Crippen molar-refractivity contribution in [2.24, 2.45) is 0 Å². The zero-order chi connectivity index (χ0) is 20.0. The molecule has 0 saturated carbocycles. The third-order valence-corrected chi connectivity index (χ3v) is 3.91. The van der Waals surface area contributed by atoms with Gasteiger partial charge in [-0.3, -0.25) is 19.7 Å². The van der Waals surface area contributed by atoms with Crippen LogP contribution in [0.15, 0.2) is 48.5 Å². The Morgan fingerprint density at radius 3 is 2.33 bits per heavy atom. The highest BCUT2D eigenvalue weighted by Crippen LogP contribution is 2.23. The summed E-state index contributed by atoms with van der Waals surface area (Å²) >= 11 is 0. The number of hydrogen-bond donors (Lipinski definition) is 0. The number of ether oxygens (including phenoxy) is 1. The van der Waals surface area contributed by atoms with Gasteiger partial charge < -0.3 is 14.5 Å². The first-order valence-corrected chi connectivity index (χ1v) is 8.21. The standard InChI is InChI=1S/C19H21N3O5/c1-20(2)18(23)13-27-17-11-7-5-9-15(17)19(24)21(3)12-14-8-4-6-10-16(14)22(25)26/h4-11H,12-13H2,1-3H3. The van der Waals surface area contributed by atoms with Crippen LogP contribution in [-0.4, -0.2) is 54.3 Å². The van der Waals surface area contributed by atoms with E-state index in [1.54, 1.807) is 63.6 Å². The summed E-state index contributed by atoms with van der Waals surface area (Å²) in [5.41, 5.74) is 0.669. The van der Waals surface area contributed by atoms with Gasteiger partial charge in [0.15, 0.2) is 6.61 Å². The number of likely N-dealkylation sites (N-methyl/N-ethyl adjacent to an activating group) is 1.